The van der Waals surface area contributed by atoms with Crippen molar-refractivity contribution in [3.8, 4) is 11.5 Å². The molecule has 1 atom stereocenters. The first kappa shape index (κ1) is 18.7. The summed E-state index contributed by atoms with van der Waals surface area (Å²) in [5, 5.41) is 4.41. The average molecular weight is 371 g/mol. The molecule has 1 amide bonds. The Bertz CT molecular complexity index is 859. The molecule has 0 bridgehead atoms. The van der Waals surface area contributed by atoms with Crippen LogP contribution in [0.2, 0.25) is 0 Å². The second-order valence-corrected chi connectivity index (χ2v) is 6.17. The molecule has 7 nitrogen and oxygen atoms in total. The van der Waals surface area contributed by atoms with Crippen molar-refractivity contribution in [2.24, 2.45) is 0 Å². The largest absolute Gasteiger partial charge is 0.491 e. The highest BCUT2D eigenvalue weighted by Crippen LogP contribution is 2.25. The van der Waals surface area contributed by atoms with Crippen LogP contribution in [-0.2, 0) is 14.3 Å². The number of nitrogens with one attached hydrogen (secondary N) is 1. The van der Waals surface area contributed by atoms with Gasteiger partial charge >= 0.3 is 12.1 Å². The number of epoxide rings is 1. The quantitative estimate of drug-likeness (QED) is 0.332. The number of esters is 1. The molecule has 1 saturated heterocycles. The van der Waals surface area contributed by atoms with Crippen LogP contribution in [0.25, 0.3) is 10.8 Å². The molecule has 27 heavy (non-hydrogen) atoms. The fourth-order valence-electron chi connectivity index (χ4n) is 2.27. The Morgan fingerprint density at radius 2 is 1.85 bits per heavy atom. The summed E-state index contributed by atoms with van der Waals surface area (Å²) in [4.78, 5) is 23.0. The molecule has 0 spiro atoms. The van der Waals surface area contributed by atoms with Gasteiger partial charge in [0.1, 0.15) is 30.8 Å². The number of rotatable bonds is 8. The van der Waals surface area contributed by atoms with Gasteiger partial charge < -0.3 is 24.3 Å². The van der Waals surface area contributed by atoms with E-state index in [1.165, 1.54) is 0 Å². The SMILES string of the molecule is C=C(C)C(=O)OCCNC(=O)Oc1ccc2cc(OCC3CO3)ccc2c1. The van der Waals surface area contributed by atoms with Crippen LogP contribution in [0.1, 0.15) is 6.92 Å². The lowest BCUT2D eigenvalue weighted by Gasteiger charge is -2.09. The van der Waals surface area contributed by atoms with Crippen molar-refractivity contribution in [2.45, 2.75) is 13.0 Å². The van der Waals surface area contributed by atoms with E-state index in [9.17, 15) is 9.59 Å². The fraction of sp³-hybridized carbons (Fsp3) is 0.300. The van der Waals surface area contributed by atoms with Gasteiger partial charge in [-0.3, -0.25) is 0 Å². The molecule has 3 rings (SSSR count). The zero-order valence-electron chi connectivity index (χ0n) is 15.0. The maximum atomic E-state index is 11.8. The van der Waals surface area contributed by atoms with Gasteiger partial charge in [0, 0.05) is 5.57 Å². The van der Waals surface area contributed by atoms with Gasteiger partial charge in [-0.05, 0) is 42.0 Å². The van der Waals surface area contributed by atoms with Crippen molar-refractivity contribution in [3.05, 3.63) is 48.6 Å². The Hall–Kier alpha value is -3.06. The van der Waals surface area contributed by atoms with Crippen molar-refractivity contribution < 1.29 is 28.5 Å². The van der Waals surface area contributed by atoms with Crippen LogP contribution in [-0.4, -0.2) is 44.5 Å². The maximum absolute atomic E-state index is 11.8. The Balaban J connectivity index is 1.49. The van der Waals surface area contributed by atoms with Crippen LogP contribution >= 0.6 is 0 Å². The van der Waals surface area contributed by atoms with Crippen molar-refractivity contribution in [2.75, 3.05) is 26.4 Å². The first-order valence-corrected chi connectivity index (χ1v) is 8.58. The summed E-state index contributed by atoms with van der Waals surface area (Å²) >= 11 is 0. The van der Waals surface area contributed by atoms with Gasteiger partial charge in [-0.2, -0.15) is 0 Å². The molecule has 0 aliphatic carbocycles. The van der Waals surface area contributed by atoms with Gasteiger partial charge in [-0.1, -0.05) is 18.7 Å². The van der Waals surface area contributed by atoms with Gasteiger partial charge in [0.15, 0.2) is 0 Å². The molecule has 1 heterocycles. The van der Waals surface area contributed by atoms with Crippen LogP contribution in [0.4, 0.5) is 4.79 Å². The predicted octanol–water partition coefficient (Wildman–Crippen LogP) is 2.83. The summed E-state index contributed by atoms with van der Waals surface area (Å²) in [6.45, 7) is 6.54. The molecule has 1 N–H and O–H groups in total. The maximum Gasteiger partial charge on any atom is 0.412 e. The van der Waals surface area contributed by atoms with E-state index in [0.717, 1.165) is 23.1 Å². The second-order valence-electron chi connectivity index (χ2n) is 6.17. The van der Waals surface area contributed by atoms with Gasteiger partial charge in [-0.25, -0.2) is 9.59 Å². The molecular weight excluding hydrogens is 350 g/mol. The second kappa shape index (κ2) is 8.55. The summed E-state index contributed by atoms with van der Waals surface area (Å²) in [7, 11) is 0. The number of hydrogen-bond donors (Lipinski definition) is 1. The van der Waals surface area contributed by atoms with Gasteiger partial charge in [-0.15, -0.1) is 0 Å². The molecule has 2 aromatic rings. The third kappa shape index (κ3) is 5.72. The third-order valence-electron chi connectivity index (χ3n) is 3.78. The molecule has 0 saturated carbocycles. The number of ether oxygens (including phenoxy) is 4. The van der Waals surface area contributed by atoms with Gasteiger partial charge in [0.2, 0.25) is 0 Å². The molecule has 0 aromatic heterocycles. The van der Waals surface area contributed by atoms with Crippen molar-refractivity contribution in [1.29, 1.82) is 0 Å². The van der Waals surface area contributed by atoms with E-state index in [4.69, 9.17) is 18.9 Å². The number of carbonyl (C=O) groups is 2. The van der Waals surface area contributed by atoms with E-state index in [0.29, 0.717) is 17.9 Å². The molecule has 7 heteroatoms. The highest BCUT2D eigenvalue weighted by Gasteiger charge is 2.23. The predicted molar refractivity (Wildman–Crippen MR) is 99.0 cm³/mol. The molecule has 1 unspecified atom stereocenters. The van der Waals surface area contributed by atoms with E-state index in [1.54, 1.807) is 19.1 Å². The summed E-state index contributed by atoms with van der Waals surface area (Å²) < 4.78 is 20.9. The summed E-state index contributed by atoms with van der Waals surface area (Å²) in [6, 6.07) is 11.0. The topological polar surface area (TPSA) is 86.4 Å². The molecule has 1 aliphatic heterocycles. The van der Waals surface area contributed by atoms with Crippen molar-refractivity contribution >= 4 is 22.8 Å². The Morgan fingerprint density at radius 1 is 1.19 bits per heavy atom. The molecule has 2 aromatic carbocycles. The lowest BCUT2D eigenvalue weighted by molar-refractivity contribution is -0.138. The fourth-order valence-corrected chi connectivity index (χ4v) is 2.27. The normalized spacial score (nSPS) is 15.1. The minimum absolute atomic E-state index is 0.0488. The Kier molecular flexibility index (Phi) is 5.93. The van der Waals surface area contributed by atoms with Gasteiger partial charge in [0.05, 0.1) is 13.2 Å². The smallest absolute Gasteiger partial charge is 0.412 e. The van der Waals surface area contributed by atoms with Crippen LogP contribution in [0.5, 0.6) is 11.5 Å². The first-order valence-electron chi connectivity index (χ1n) is 8.58. The van der Waals surface area contributed by atoms with E-state index < -0.39 is 12.1 Å². The molecule has 0 radical (unpaired) electrons. The van der Waals surface area contributed by atoms with Crippen LogP contribution in [0, 0.1) is 0 Å². The standard InChI is InChI=1S/C20H21NO6/c1-13(2)19(22)24-8-7-21-20(23)27-17-6-4-14-9-16(5-3-15(14)10-17)25-11-18-12-26-18/h3-6,9-10,18H,1,7-8,11-12H2,2H3,(H,21,23). The number of carbonyl (C=O) groups excluding carboxylic acids is 2. The molecule has 1 fully saturated rings. The van der Waals surface area contributed by atoms with Crippen LogP contribution in [0.3, 0.4) is 0 Å². The van der Waals surface area contributed by atoms with E-state index in [1.807, 2.05) is 24.3 Å². The number of amides is 1. The van der Waals surface area contributed by atoms with Crippen molar-refractivity contribution in [1.82, 2.24) is 5.32 Å². The summed E-state index contributed by atoms with van der Waals surface area (Å²) in [6.07, 6.45) is -0.413. The molecular formula is C20H21NO6. The van der Waals surface area contributed by atoms with Crippen molar-refractivity contribution in [3.63, 3.8) is 0 Å². The monoisotopic (exact) mass is 371 g/mol. The average Bonchev–Trinajstić information content (AvgIpc) is 3.47. The van der Waals surface area contributed by atoms with E-state index in [-0.39, 0.29) is 19.3 Å². The molecule has 1 aliphatic rings. The van der Waals surface area contributed by atoms with E-state index in [2.05, 4.69) is 11.9 Å². The van der Waals surface area contributed by atoms with Crippen LogP contribution < -0.4 is 14.8 Å². The number of hydrogen-bond acceptors (Lipinski definition) is 6. The highest BCUT2D eigenvalue weighted by atomic mass is 16.6. The van der Waals surface area contributed by atoms with E-state index >= 15 is 0 Å². The van der Waals surface area contributed by atoms with Gasteiger partial charge in [0.25, 0.3) is 0 Å². The molecule has 142 valence electrons. The summed E-state index contributed by atoms with van der Waals surface area (Å²) in [5.41, 5.74) is 0.308. The van der Waals surface area contributed by atoms with Crippen LogP contribution in [0.15, 0.2) is 48.6 Å². The zero-order chi connectivity index (χ0) is 19.2. The zero-order valence-corrected chi connectivity index (χ0v) is 15.0. The Morgan fingerprint density at radius 3 is 2.52 bits per heavy atom. The minimum Gasteiger partial charge on any atom is -0.491 e. The third-order valence-corrected chi connectivity index (χ3v) is 3.78. The number of fused-ring (bicyclic) bond motifs is 1. The number of benzene rings is 2. The lowest BCUT2D eigenvalue weighted by atomic mass is 10.1. The first-order chi connectivity index (χ1) is 13.0. The minimum atomic E-state index is -0.620. The lowest BCUT2D eigenvalue weighted by Crippen LogP contribution is -2.30. The summed E-state index contributed by atoms with van der Waals surface area (Å²) in [5.74, 6) is 0.695. The highest BCUT2D eigenvalue weighted by molar-refractivity contribution is 5.87. The Labute approximate surface area is 156 Å².